The molecule has 0 radical (unpaired) electrons. The van der Waals surface area contributed by atoms with Crippen LogP contribution in [0.15, 0.2) is 12.1 Å². The first-order chi connectivity index (χ1) is 36.0. The molecule has 0 spiro atoms. The Morgan fingerprint density at radius 3 is 1.03 bits per heavy atom. The van der Waals surface area contributed by atoms with Crippen LogP contribution >= 0.6 is 0 Å². The van der Waals surface area contributed by atoms with E-state index in [2.05, 4.69) is 44.8 Å². The second kappa shape index (κ2) is 28.0. The van der Waals surface area contributed by atoms with Gasteiger partial charge in [-0.2, -0.15) is 0 Å². The Morgan fingerprint density at radius 2 is 0.720 bits per heavy atom. The highest BCUT2D eigenvalue weighted by Gasteiger charge is 2.37. The van der Waals surface area contributed by atoms with Gasteiger partial charge in [-0.3, -0.25) is 49.2 Å². The zero-order valence-corrected chi connectivity index (χ0v) is 44.9. The maximum Gasteiger partial charge on any atom is 0.314 e. The van der Waals surface area contributed by atoms with Gasteiger partial charge in [0, 0.05) is 95.3 Å². The average Bonchev–Trinajstić information content (AvgIpc) is 3.41. The number of ether oxygens (including phenoxy) is 6. The highest BCUT2D eigenvalue weighted by Crippen LogP contribution is 2.37. The van der Waals surface area contributed by atoms with E-state index in [-0.39, 0.29) is 48.3 Å². The molecule has 4 saturated carbocycles. The van der Waals surface area contributed by atoms with Crippen molar-refractivity contribution in [2.45, 2.75) is 143 Å². The minimum atomic E-state index is -1.06. The van der Waals surface area contributed by atoms with E-state index in [1.54, 1.807) is 26.0 Å². The van der Waals surface area contributed by atoms with E-state index in [1.807, 2.05) is 0 Å². The molecule has 1 aromatic carbocycles. The van der Waals surface area contributed by atoms with Crippen LogP contribution < -0.4 is 20.3 Å². The quantitative estimate of drug-likeness (QED) is 0.101. The lowest BCUT2D eigenvalue weighted by molar-refractivity contribution is -0.192. The molecule has 0 bridgehead atoms. The van der Waals surface area contributed by atoms with Gasteiger partial charge >= 0.3 is 35.8 Å². The van der Waals surface area contributed by atoms with E-state index in [0.29, 0.717) is 125 Å². The average molecular weight is 1050 g/mol. The van der Waals surface area contributed by atoms with Crippen LogP contribution in [0, 0.1) is 47.3 Å². The van der Waals surface area contributed by atoms with Crippen molar-refractivity contribution >= 4 is 47.4 Å². The Morgan fingerprint density at radius 1 is 0.440 bits per heavy atom. The molecule has 2 N–H and O–H groups in total. The van der Waals surface area contributed by atoms with Crippen molar-refractivity contribution in [1.82, 2.24) is 30.7 Å². The Labute approximate surface area is 441 Å². The standard InChI is InChI=1S/C55H82N6O14/c1-35(62)38-6-10-40(11-7-38)50(64)70-34-71-51(65)41-14-16-44(17-15-41)54(68)74-48-30-47(33-57-61-28-24-59(5)25-29-61)49(31-46(48)32-56-60-26-22-58(4)23-27-60)75-55(69)45-20-18-43(19-21-45)53(67)73-37(3)72-52(66)42-12-8-39(9-13-42)36(2)63/h30-31,37-45,56-57H,6-29,32-34H2,1-5H3. The summed E-state index contributed by atoms with van der Waals surface area (Å²) in [6, 6.07) is 3.56. The molecule has 0 amide bonds. The van der Waals surface area contributed by atoms with Crippen LogP contribution in [0.3, 0.4) is 0 Å². The molecule has 6 aliphatic rings. The molecule has 1 atom stereocenters. The zero-order valence-electron chi connectivity index (χ0n) is 44.9. The minimum absolute atomic E-state index is 0.0169. The van der Waals surface area contributed by atoms with Gasteiger partial charge in [0.2, 0.25) is 13.1 Å². The van der Waals surface area contributed by atoms with Gasteiger partial charge in [0.05, 0.1) is 35.5 Å². The van der Waals surface area contributed by atoms with E-state index < -0.39 is 72.6 Å². The van der Waals surface area contributed by atoms with Gasteiger partial charge in [-0.05, 0) is 143 Å². The van der Waals surface area contributed by atoms with Crippen LogP contribution in [0.4, 0.5) is 0 Å². The van der Waals surface area contributed by atoms with E-state index >= 15 is 0 Å². The first-order valence-electron chi connectivity index (χ1n) is 27.7. The fraction of sp³-hybridized carbons (Fsp3) is 0.745. The number of likely N-dealkylation sites (N-methyl/N-ethyl adjacent to an activating group) is 2. The van der Waals surface area contributed by atoms with Crippen molar-refractivity contribution < 1.29 is 66.8 Å². The molecule has 1 unspecified atom stereocenters. The number of nitrogens with one attached hydrogen (secondary N) is 2. The topological polar surface area (TPSA) is 229 Å². The lowest BCUT2D eigenvalue weighted by atomic mass is 9.80. The third kappa shape index (κ3) is 17.1. The Balaban J connectivity index is 0.959. The largest absolute Gasteiger partial charge is 0.428 e. The SMILES string of the molecule is CC(=O)C1CCC(C(=O)OCOC(=O)C2CCC(C(=O)Oc3cc(CNN4CCN(C)CC4)c(OC(=O)C4CCC(C(=O)OC(C)OC(=O)C5CCC(C(C)=O)CC5)CC4)cc3CNN3CCN(C)CC3)CC2)CC1. The van der Waals surface area contributed by atoms with Crippen molar-refractivity contribution in [3.63, 3.8) is 0 Å². The number of hydrazine groups is 2. The summed E-state index contributed by atoms with van der Waals surface area (Å²) in [4.78, 5) is 108. The van der Waals surface area contributed by atoms with Gasteiger partial charge in [-0.15, -0.1) is 0 Å². The van der Waals surface area contributed by atoms with E-state index in [4.69, 9.17) is 28.4 Å². The molecule has 4 aliphatic carbocycles. The molecule has 6 fully saturated rings. The molecule has 0 aromatic heterocycles. The van der Waals surface area contributed by atoms with Crippen LogP contribution in [-0.4, -0.2) is 147 Å². The fourth-order valence-electron chi connectivity index (χ4n) is 11.3. The molecule has 2 aliphatic heterocycles. The summed E-state index contributed by atoms with van der Waals surface area (Å²) < 4.78 is 34.3. The number of benzene rings is 1. The summed E-state index contributed by atoms with van der Waals surface area (Å²) in [5.74, 6) is -4.26. The molecule has 7 rings (SSSR count). The van der Waals surface area contributed by atoms with Crippen molar-refractivity contribution in [2.75, 3.05) is 73.2 Å². The minimum Gasteiger partial charge on any atom is -0.428 e. The van der Waals surface area contributed by atoms with E-state index in [1.165, 1.54) is 6.92 Å². The molecule has 20 nitrogen and oxygen atoms in total. The highest BCUT2D eigenvalue weighted by atomic mass is 16.7. The van der Waals surface area contributed by atoms with Crippen molar-refractivity contribution in [2.24, 2.45) is 47.3 Å². The molecule has 2 heterocycles. The third-order valence-corrected chi connectivity index (χ3v) is 16.7. The Hall–Kier alpha value is -4.86. The predicted octanol–water partition coefficient (Wildman–Crippen LogP) is 4.88. The Kier molecular flexibility index (Phi) is 21.6. The molecular weight excluding hydrogens is 969 g/mol. The third-order valence-electron chi connectivity index (χ3n) is 16.7. The smallest absolute Gasteiger partial charge is 0.314 e. The van der Waals surface area contributed by atoms with Crippen LogP contribution in [0.2, 0.25) is 0 Å². The van der Waals surface area contributed by atoms with Crippen LogP contribution in [0.5, 0.6) is 11.5 Å². The number of ketones is 2. The predicted molar refractivity (Wildman–Crippen MR) is 271 cm³/mol. The van der Waals surface area contributed by atoms with Crippen LogP contribution in [-0.2, 0) is 70.4 Å². The molecule has 20 heteroatoms. The maximum atomic E-state index is 14.1. The van der Waals surface area contributed by atoms with Crippen molar-refractivity contribution in [3.05, 3.63) is 23.3 Å². The summed E-state index contributed by atoms with van der Waals surface area (Å²) in [5, 5.41) is 4.25. The van der Waals surface area contributed by atoms with E-state index in [0.717, 1.165) is 52.4 Å². The fourth-order valence-corrected chi connectivity index (χ4v) is 11.3. The van der Waals surface area contributed by atoms with Gasteiger partial charge in [0.15, 0.2) is 0 Å². The van der Waals surface area contributed by atoms with E-state index in [9.17, 15) is 38.4 Å². The number of hydrogen-bond donors (Lipinski definition) is 2. The van der Waals surface area contributed by atoms with Crippen molar-refractivity contribution in [1.29, 1.82) is 0 Å². The summed E-state index contributed by atoms with van der Waals surface area (Å²) in [5.41, 5.74) is 8.24. The Bertz CT molecular complexity index is 2150. The van der Waals surface area contributed by atoms with Gasteiger partial charge < -0.3 is 38.2 Å². The van der Waals surface area contributed by atoms with Gasteiger partial charge in [0.25, 0.3) is 0 Å². The molecule has 1 aromatic rings. The summed E-state index contributed by atoms with van der Waals surface area (Å²) >= 11 is 0. The molecule has 75 heavy (non-hydrogen) atoms. The van der Waals surface area contributed by atoms with Gasteiger partial charge in [0.1, 0.15) is 23.1 Å². The number of nitrogens with zero attached hydrogens (tertiary/aromatic N) is 4. The van der Waals surface area contributed by atoms with Crippen LogP contribution in [0.1, 0.15) is 135 Å². The van der Waals surface area contributed by atoms with Gasteiger partial charge in [-0.25, -0.2) is 10.0 Å². The summed E-state index contributed by atoms with van der Waals surface area (Å²) in [6.45, 7) is 11.4. The summed E-state index contributed by atoms with van der Waals surface area (Å²) in [6.07, 6.45) is 6.96. The highest BCUT2D eigenvalue weighted by molar-refractivity contribution is 5.81. The molecule has 2 saturated heterocycles. The zero-order chi connectivity index (χ0) is 53.6. The van der Waals surface area contributed by atoms with Crippen molar-refractivity contribution in [3.8, 4) is 11.5 Å². The second-order valence-corrected chi connectivity index (χ2v) is 22.1. The monoisotopic (exact) mass is 1050 g/mol. The number of esters is 6. The number of piperazine rings is 2. The normalized spacial score (nSPS) is 27.7. The first kappa shape index (κ1) is 57.8. The maximum absolute atomic E-state index is 14.1. The second-order valence-electron chi connectivity index (χ2n) is 22.1. The number of hydrogen-bond acceptors (Lipinski definition) is 20. The number of Topliss-reactive ketones (excluding diaryl/α,β-unsaturated/α-hetero) is 2. The molecule has 416 valence electrons. The van der Waals surface area contributed by atoms with Gasteiger partial charge in [-0.1, -0.05) is 0 Å². The number of carbonyl (C=O) groups is 8. The summed E-state index contributed by atoms with van der Waals surface area (Å²) in [7, 11) is 4.15. The lowest BCUT2D eigenvalue weighted by Gasteiger charge is -2.33. The first-order valence-corrected chi connectivity index (χ1v) is 27.7. The number of rotatable bonds is 20. The molecular formula is C55H82N6O14. The number of carbonyl (C=O) groups excluding carboxylic acids is 8. The van der Waals surface area contributed by atoms with Crippen LogP contribution in [0.25, 0.3) is 0 Å². The lowest BCUT2D eigenvalue weighted by Crippen LogP contribution is -2.50.